The van der Waals surface area contributed by atoms with Gasteiger partial charge in [-0.05, 0) is 19.1 Å². The van der Waals surface area contributed by atoms with E-state index in [1.54, 1.807) is 19.1 Å². The Morgan fingerprint density at radius 3 is 2.65 bits per heavy atom. The van der Waals surface area contributed by atoms with Crippen LogP contribution >= 0.6 is 11.8 Å². The first-order valence-corrected chi connectivity index (χ1v) is 9.29. The van der Waals surface area contributed by atoms with E-state index in [2.05, 4.69) is 9.97 Å². The zero-order valence-electron chi connectivity index (χ0n) is 15.1. The molecule has 0 aliphatic carbocycles. The van der Waals surface area contributed by atoms with Crippen LogP contribution in [-0.4, -0.2) is 40.7 Å². The molecule has 1 amide bonds. The molecule has 1 heterocycles. The summed E-state index contributed by atoms with van der Waals surface area (Å²) in [6.45, 7) is 2.37. The topological polar surface area (TPSA) is 55.3 Å². The molecule has 26 heavy (non-hydrogen) atoms. The number of amides is 1. The third kappa shape index (κ3) is 4.14. The Morgan fingerprint density at radius 2 is 1.85 bits per heavy atom. The summed E-state index contributed by atoms with van der Waals surface area (Å²) in [5, 5.41) is 1.82. The number of rotatable bonds is 6. The van der Waals surface area contributed by atoms with Crippen LogP contribution in [-0.2, 0) is 11.3 Å². The van der Waals surface area contributed by atoms with Crippen molar-refractivity contribution >= 4 is 28.6 Å². The molecule has 0 radical (unpaired) electrons. The second kappa shape index (κ2) is 8.19. The van der Waals surface area contributed by atoms with E-state index >= 15 is 0 Å². The van der Waals surface area contributed by atoms with E-state index in [0.29, 0.717) is 18.1 Å². The van der Waals surface area contributed by atoms with Crippen LogP contribution in [0.5, 0.6) is 5.75 Å². The number of aromatic nitrogens is 2. The fourth-order valence-corrected chi connectivity index (χ4v) is 3.69. The van der Waals surface area contributed by atoms with Crippen molar-refractivity contribution in [3.05, 3.63) is 59.9 Å². The lowest BCUT2D eigenvalue weighted by Gasteiger charge is -2.18. The van der Waals surface area contributed by atoms with Gasteiger partial charge >= 0.3 is 0 Å². The van der Waals surface area contributed by atoms with E-state index in [-0.39, 0.29) is 5.91 Å². The quantitative estimate of drug-likeness (QED) is 0.491. The number of para-hydroxylation sites is 2. The lowest BCUT2D eigenvalue weighted by molar-refractivity contribution is -0.127. The number of methoxy groups -OCH3 is 1. The molecule has 0 atom stereocenters. The number of carbonyl (C=O) groups excluding carboxylic acids is 1. The van der Waals surface area contributed by atoms with Crippen LogP contribution in [0.4, 0.5) is 0 Å². The molecular weight excluding hydrogens is 346 g/mol. The Balaban J connectivity index is 1.69. The van der Waals surface area contributed by atoms with Gasteiger partial charge in [-0.1, -0.05) is 48.2 Å². The van der Waals surface area contributed by atoms with Crippen LogP contribution in [0.3, 0.4) is 0 Å². The molecule has 0 spiro atoms. The van der Waals surface area contributed by atoms with Gasteiger partial charge in [-0.25, -0.2) is 9.97 Å². The molecule has 0 N–H and O–H groups in total. The van der Waals surface area contributed by atoms with Gasteiger partial charge in [0.25, 0.3) is 0 Å². The van der Waals surface area contributed by atoms with Crippen molar-refractivity contribution in [3.63, 3.8) is 0 Å². The predicted molar refractivity (Wildman–Crippen MR) is 104 cm³/mol. The molecule has 5 nitrogen and oxygen atoms in total. The zero-order valence-corrected chi connectivity index (χ0v) is 15.9. The zero-order chi connectivity index (χ0) is 18.5. The maximum absolute atomic E-state index is 12.6. The molecule has 6 heteroatoms. The molecule has 0 fully saturated rings. The number of fused-ring (bicyclic) bond motifs is 1. The fourth-order valence-electron chi connectivity index (χ4n) is 2.69. The van der Waals surface area contributed by atoms with Crippen molar-refractivity contribution in [2.45, 2.75) is 18.5 Å². The number of carbonyl (C=O) groups is 1. The van der Waals surface area contributed by atoms with Crippen LogP contribution in [0.2, 0.25) is 0 Å². The minimum Gasteiger partial charge on any atom is -0.496 e. The van der Waals surface area contributed by atoms with E-state index in [0.717, 1.165) is 27.2 Å². The summed E-state index contributed by atoms with van der Waals surface area (Å²) in [5.74, 6) is 1.87. The van der Waals surface area contributed by atoms with Crippen molar-refractivity contribution in [3.8, 4) is 5.75 Å². The van der Waals surface area contributed by atoms with Crippen LogP contribution in [0, 0.1) is 6.92 Å². The minimum atomic E-state index is 0.0428. The van der Waals surface area contributed by atoms with Crippen molar-refractivity contribution in [1.82, 2.24) is 14.9 Å². The monoisotopic (exact) mass is 367 g/mol. The maximum Gasteiger partial charge on any atom is 0.233 e. The molecule has 2 aromatic carbocycles. The van der Waals surface area contributed by atoms with Gasteiger partial charge in [-0.3, -0.25) is 4.79 Å². The highest BCUT2D eigenvalue weighted by atomic mass is 32.2. The van der Waals surface area contributed by atoms with Gasteiger partial charge in [-0.2, -0.15) is 0 Å². The molecule has 0 unspecified atom stereocenters. The summed E-state index contributed by atoms with van der Waals surface area (Å²) >= 11 is 1.45. The van der Waals surface area contributed by atoms with E-state index < -0.39 is 0 Å². The highest BCUT2D eigenvalue weighted by Crippen LogP contribution is 2.26. The van der Waals surface area contributed by atoms with E-state index in [1.165, 1.54) is 11.8 Å². The molecule has 3 aromatic rings. The molecule has 134 valence electrons. The van der Waals surface area contributed by atoms with Gasteiger partial charge in [0, 0.05) is 24.5 Å². The van der Waals surface area contributed by atoms with Gasteiger partial charge < -0.3 is 9.64 Å². The SMILES string of the molecule is COc1ccccc1CN(C)C(=O)CSc1nc(C)nc2ccccc12. The normalized spacial score (nSPS) is 10.7. The molecule has 0 bridgehead atoms. The number of ether oxygens (including phenoxy) is 1. The summed E-state index contributed by atoms with van der Waals surface area (Å²) in [4.78, 5) is 23.2. The second-order valence-electron chi connectivity index (χ2n) is 5.94. The number of thioether (sulfide) groups is 1. The Bertz CT molecular complexity index is 930. The van der Waals surface area contributed by atoms with Crippen LogP contribution < -0.4 is 4.74 Å². The number of benzene rings is 2. The third-order valence-corrected chi connectivity index (χ3v) is 5.01. The molecule has 0 saturated carbocycles. The lowest BCUT2D eigenvalue weighted by Crippen LogP contribution is -2.28. The van der Waals surface area contributed by atoms with E-state index in [4.69, 9.17) is 4.74 Å². The van der Waals surface area contributed by atoms with Crippen molar-refractivity contribution in [2.75, 3.05) is 19.9 Å². The second-order valence-corrected chi connectivity index (χ2v) is 6.91. The molecule has 0 saturated heterocycles. The molecular formula is C20H21N3O2S. The standard InChI is InChI=1S/C20H21N3O2S/c1-14-21-17-10-6-5-9-16(17)20(22-14)26-13-19(24)23(2)12-15-8-4-7-11-18(15)25-3/h4-11H,12-13H2,1-3H3. The molecule has 0 aliphatic heterocycles. The average molecular weight is 367 g/mol. The Labute approximate surface area is 157 Å². The van der Waals surface area contributed by atoms with Crippen LogP contribution in [0.1, 0.15) is 11.4 Å². The highest BCUT2D eigenvalue weighted by Gasteiger charge is 2.14. The minimum absolute atomic E-state index is 0.0428. The first-order chi connectivity index (χ1) is 12.6. The predicted octanol–water partition coefficient (Wildman–Crippen LogP) is 3.70. The van der Waals surface area contributed by atoms with E-state index in [1.807, 2.05) is 55.5 Å². The summed E-state index contributed by atoms with van der Waals surface area (Å²) in [6.07, 6.45) is 0. The lowest BCUT2D eigenvalue weighted by atomic mass is 10.2. The van der Waals surface area contributed by atoms with Gasteiger partial charge in [-0.15, -0.1) is 0 Å². The summed E-state index contributed by atoms with van der Waals surface area (Å²) < 4.78 is 5.36. The number of aryl methyl sites for hydroxylation is 1. The largest absolute Gasteiger partial charge is 0.496 e. The van der Waals surface area contributed by atoms with Gasteiger partial charge in [0.05, 0.1) is 18.4 Å². The van der Waals surface area contributed by atoms with E-state index in [9.17, 15) is 4.79 Å². The summed E-state index contributed by atoms with van der Waals surface area (Å²) in [6, 6.07) is 15.6. The summed E-state index contributed by atoms with van der Waals surface area (Å²) in [5.41, 5.74) is 1.89. The fraction of sp³-hybridized carbons (Fsp3) is 0.250. The third-order valence-electron chi connectivity index (χ3n) is 4.04. The van der Waals surface area contributed by atoms with Gasteiger partial charge in [0.1, 0.15) is 16.6 Å². The number of hydrogen-bond donors (Lipinski definition) is 0. The smallest absolute Gasteiger partial charge is 0.233 e. The van der Waals surface area contributed by atoms with Gasteiger partial charge in [0.2, 0.25) is 5.91 Å². The number of nitrogens with zero attached hydrogens (tertiary/aromatic N) is 3. The average Bonchev–Trinajstić information content (AvgIpc) is 2.66. The maximum atomic E-state index is 12.6. The van der Waals surface area contributed by atoms with Crippen molar-refractivity contribution < 1.29 is 9.53 Å². The first kappa shape index (κ1) is 18.2. The molecule has 1 aromatic heterocycles. The highest BCUT2D eigenvalue weighted by molar-refractivity contribution is 8.00. The van der Waals surface area contributed by atoms with Gasteiger partial charge in [0.15, 0.2) is 0 Å². The molecule has 3 rings (SSSR count). The Kier molecular flexibility index (Phi) is 5.73. The first-order valence-electron chi connectivity index (χ1n) is 8.30. The Hall–Kier alpha value is -2.60. The van der Waals surface area contributed by atoms with Crippen LogP contribution in [0.15, 0.2) is 53.6 Å². The van der Waals surface area contributed by atoms with Crippen molar-refractivity contribution in [1.29, 1.82) is 0 Å². The summed E-state index contributed by atoms with van der Waals surface area (Å²) in [7, 11) is 3.44. The number of hydrogen-bond acceptors (Lipinski definition) is 5. The van der Waals surface area contributed by atoms with Crippen molar-refractivity contribution in [2.24, 2.45) is 0 Å². The Morgan fingerprint density at radius 1 is 1.12 bits per heavy atom. The molecule has 0 aliphatic rings. The van der Waals surface area contributed by atoms with Crippen LogP contribution in [0.25, 0.3) is 10.9 Å².